The Morgan fingerprint density at radius 2 is 1.75 bits per heavy atom. The van der Waals surface area contributed by atoms with E-state index in [4.69, 9.17) is 5.73 Å². The lowest BCUT2D eigenvalue weighted by atomic mass is 9.92. The Labute approximate surface area is 125 Å². The monoisotopic (exact) mass is 276 g/mol. The number of rotatable bonds is 8. The van der Waals surface area contributed by atoms with E-state index in [0.717, 1.165) is 19.5 Å². The van der Waals surface area contributed by atoms with Crippen LogP contribution in [0.4, 0.5) is 0 Å². The first-order valence-electron chi connectivity index (χ1n) is 8.10. The van der Waals surface area contributed by atoms with Crippen LogP contribution in [-0.4, -0.2) is 24.0 Å². The van der Waals surface area contributed by atoms with E-state index < -0.39 is 0 Å². The van der Waals surface area contributed by atoms with Gasteiger partial charge < -0.3 is 5.73 Å². The van der Waals surface area contributed by atoms with Gasteiger partial charge in [-0.25, -0.2) is 0 Å². The van der Waals surface area contributed by atoms with Crippen molar-refractivity contribution in [2.45, 2.75) is 59.5 Å². The maximum Gasteiger partial charge on any atom is 0.0501 e. The Bertz CT molecular complexity index is 389. The highest BCUT2D eigenvalue weighted by molar-refractivity contribution is 5.30. The van der Waals surface area contributed by atoms with E-state index in [1.807, 2.05) is 0 Å². The van der Waals surface area contributed by atoms with Gasteiger partial charge in [0.2, 0.25) is 0 Å². The average molecular weight is 276 g/mol. The van der Waals surface area contributed by atoms with Crippen LogP contribution in [0.1, 0.15) is 57.7 Å². The molecule has 0 aliphatic rings. The SMILES string of the molecule is CCC(C)CN(CC)C(c1ccccc1C)C(N)CC. The summed E-state index contributed by atoms with van der Waals surface area (Å²) in [7, 11) is 0. The Balaban J connectivity index is 3.07. The molecule has 0 saturated carbocycles. The molecule has 0 saturated heterocycles. The molecule has 3 unspecified atom stereocenters. The molecule has 20 heavy (non-hydrogen) atoms. The summed E-state index contributed by atoms with van der Waals surface area (Å²) in [6.07, 6.45) is 2.23. The Kier molecular flexibility index (Phi) is 7.25. The molecule has 1 aromatic rings. The summed E-state index contributed by atoms with van der Waals surface area (Å²) in [5, 5.41) is 0. The van der Waals surface area contributed by atoms with E-state index in [-0.39, 0.29) is 6.04 Å². The Hall–Kier alpha value is -0.860. The lowest BCUT2D eigenvalue weighted by Gasteiger charge is -2.37. The molecule has 1 rings (SSSR count). The van der Waals surface area contributed by atoms with Crippen molar-refractivity contribution in [1.29, 1.82) is 0 Å². The van der Waals surface area contributed by atoms with Crippen LogP contribution in [0.15, 0.2) is 24.3 Å². The maximum atomic E-state index is 6.47. The second-order valence-corrected chi connectivity index (χ2v) is 5.97. The smallest absolute Gasteiger partial charge is 0.0501 e. The molecule has 0 aromatic heterocycles. The van der Waals surface area contributed by atoms with Gasteiger partial charge in [0.1, 0.15) is 0 Å². The van der Waals surface area contributed by atoms with Crippen LogP contribution in [0.25, 0.3) is 0 Å². The summed E-state index contributed by atoms with van der Waals surface area (Å²) in [5.41, 5.74) is 9.22. The fraction of sp³-hybridized carbons (Fsp3) is 0.667. The van der Waals surface area contributed by atoms with E-state index in [1.54, 1.807) is 0 Å². The van der Waals surface area contributed by atoms with Crippen molar-refractivity contribution in [3.05, 3.63) is 35.4 Å². The number of hydrogen-bond donors (Lipinski definition) is 1. The molecule has 0 spiro atoms. The number of likely N-dealkylation sites (N-methyl/N-ethyl adjacent to an activating group) is 1. The number of nitrogens with zero attached hydrogens (tertiary/aromatic N) is 1. The Morgan fingerprint density at radius 3 is 2.25 bits per heavy atom. The van der Waals surface area contributed by atoms with Gasteiger partial charge in [-0.1, -0.05) is 58.4 Å². The zero-order chi connectivity index (χ0) is 15.1. The van der Waals surface area contributed by atoms with Gasteiger partial charge in [0.05, 0.1) is 6.04 Å². The summed E-state index contributed by atoms with van der Waals surface area (Å²) in [6.45, 7) is 13.4. The van der Waals surface area contributed by atoms with Crippen LogP contribution in [0.3, 0.4) is 0 Å². The van der Waals surface area contributed by atoms with Crippen LogP contribution < -0.4 is 5.73 Å². The fourth-order valence-electron chi connectivity index (χ4n) is 2.81. The van der Waals surface area contributed by atoms with Gasteiger partial charge in [0.25, 0.3) is 0 Å². The quantitative estimate of drug-likeness (QED) is 0.773. The van der Waals surface area contributed by atoms with Crippen molar-refractivity contribution in [3.8, 4) is 0 Å². The third kappa shape index (κ3) is 4.32. The van der Waals surface area contributed by atoms with Gasteiger partial charge in [0, 0.05) is 12.6 Å². The minimum atomic E-state index is 0.195. The van der Waals surface area contributed by atoms with Crippen molar-refractivity contribution in [1.82, 2.24) is 4.90 Å². The third-order valence-electron chi connectivity index (χ3n) is 4.43. The van der Waals surface area contributed by atoms with Crippen LogP contribution in [0, 0.1) is 12.8 Å². The predicted molar refractivity (Wildman–Crippen MR) is 88.9 cm³/mol. The molecule has 0 fully saturated rings. The van der Waals surface area contributed by atoms with E-state index in [9.17, 15) is 0 Å². The molecule has 114 valence electrons. The highest BCUT2D eigenvalue weighted by Crippen LogP contribution is 2.28. The molecular weight excluding hydrogens is 244 g/mol. The summed E-state index contributed by atoms with van der Waals surface area (Å²) in [4.78, 5) is 2.56. The van der Waals surface area contributed by atoms with Crippen molar-refractivity contribution >= 4 is 0 Å². The lowest BCUT2D eigenvalue weighted by molar-refractivity contribution is 0.153. The molecule has 2 N–H and O–H groups in total. The molecule has 2 nitrogen and oxygen atoms in total. The van der Waals surface area contributed by atoms with E-state index in [2.05, 4.69) is 63.8 Å². The molecule has 0 amide bonds. The second-order valence-electron chi connectivity index (χ2n) is 5.97. The average Bonchev–Trinajstić information content (AvgIpc) is 2.47. The molecule has 0 radical (unpaired) electrons. The van der Waals surface area contributed by atoms with Crippen LogP contribution in [-0.2, 0) is 0 Å². The van der Waals surface area contributed by atoms with Crippen molar-refractivity contribution < 1.29 is 0 Å². The highest BCUT2D eigenvalue weighted by Gasteiger charge is 2.26. The van der Waals surface area contributed by atoms with Crippen LogP contribution in [0.5, 0.6) is 0 Å². The standard InChI is InChI=1S/C18H32N2/c1-6-14(4)13-20(8-3)18(17(19)7-2)16-12-10-9-11-15(16)5/h9-12,14,17-18H,6-8,13,19H2,1-5H3. The molecule has 1 aromatic carbocycles. The summed E-state index contributed by atoms with van der Waals surface area (Å²) < 4.78 is 0. The van der Waals surface area contributed by atoms with E-state index in [1.165, 1.54) is 17.5 Å². The maximum absolute atomic E-state index is 6.47. The minimum Gasteiger partial charge on any atom is -0.326 e. The van der Waals surface area contributed by atoms with Crippen molar-refractivity contribution in [2.75, 3.05) is 13.1 Å². The largest absolute Gasteiger partial charge is 0.326 e. The first kappa shape index (κ1) is 17.2. The van der Waals surface area contributed by atoms with Gasteiger partial charge >= 0.3 is 0 Å². The molecule has 0 aliphatic heterocycles. The van der Waals surface area contributed by atoms with Crippen molar-refractivity contribution in [2.24, 2.45) is 11.7 Å². The highest BCUT2D eigenvalue weighted by atomic mass is 15.2. The van der Waals surface area contributed by atoms with E-state index in [0.29, 0.717) is 12.0 Å². The number of benzene rings is 1. The number of aryl methyl sites for hydroxylation is 1. The van der Waals surface area contributed by atoms with Gasteiger partial charge in [-0.3, -0.25) is 4.90 Å². The molecule has 3 atom stereocenters. The van der Waals surface area contributed by atoms with Gasteiger partial charge in [-0.05, 0) is 36.9 Å². The first-order chi connectivity index (χ1) is 9.54. The molecule has 0 aliphatic carbocycles. The molecule has 0 bridgehead atoms. The molecule has 0 heterocycles. The number of hydrogen-bond acceptors (Lipinski definition) is 2. The molecule has 2 heteroatoms. The second kappa shape index (κ2) is 8.43. The zero-order valence-electron chi connectivity index (χ0n) is 13.9. The third-order valence-corrected chi connectivity index (χ3v) is 4.43. The van der Waals surface area contributed by atoms with Gasteiger partial charge in [-0.15, -0.1) is 0 Å². The summed E-state index contributed by atoms with van der Waals surface area (Å²) >= 11 is 0. The normalized spacial score (nSPS) is 16.1. The number of nitrogens with two attached hydrogens (primary N) is 1. The Morgan fingerprint density at radius 1 is 1.10 bits per heavy atom. The molecular formula is C18H32N2. The minimum absolute atomic E-state index is 0.195. The lowest BCUT2D eigenvalue weighted by Crippen LogP contribution is -2.43. The van der Waals surface area contributed by atoms with Gasteiger partial charge in [-0.2, -0.15) is 0 Å². The topological polar surface area (TPSA) is 29.3 Å². The van der Waals surface area contributed by atoms with Gasteiger partial charge in [0.15, 0.2) is 0 Å². The zero-order valence-corrected chi connectivity index (χ0v) is 13.9. The summed E-state index contributed by atoms with van der Waals surface area (Å²) in [6, 6.07) is 9.21. The van der Waals surface area contributed by atoms with Crippen LogP contribution in [0.2, 0.25) is 0 Å². The predicted octanol–water partition coefficient (Wildman–Crippen LogP) is 4.14. The summed E-state index contributed by atoms with van der Waals surface area (Å²) in [5.74, 6) is 0.713. The van der Waals surface area contributed by atoms with Crippen molar-refractivity contribution in [3.63, 3.8) is 0 Å². The fourth-order valence-corrected chi connectivity index (χ4v) is 2.81. The van der Waals surface area contributed by atoms with Crippen LogP contribution >= 0.6 is 0 Å². The first-order valence-corrected chi connectivity index (χ1v) is 8.10. The van der Waals surface area contributed by atoms with E-state index >= 15 is 0 Å².